The largest absolute Gasteiger partial charge is 0.457 e. The van der Waals surface area contributed by atoms with Gasteiger partial charge in [-0.25, -0.2) is 4.39 Å². The molecular formula is C13H9BrFNO2. The third kappa shape index (κ3) is 2.87. The van der Waals surface area contributed by atoms with E-state index in [1.54, 1.807) is 18.2 Å². The fourth-order valence-corrected chi connectivity index (χ4v) is 1.99. The van der Waals surface area contributed by atoms with Crippen LogP contribution in [0.2, 0.25) is 0 Å². The molecule has 1 aromatic carbocycles. The highest BCUT2D eigenvalue weighted by Gasteiger charge is 2.08. The molecule has 0 unspecified atom stereocenters. The van der Waals surface area contributed by atoms with Gasteiger partial charge in [0.1, 0.15) is 17.3 Å². The summed E-state index contributed by atoms with van der Waals surface area (Å²) in [6.07, 6.45) is 2.69. The van der Waals surface area contributed by atoms with Gasteiger partial charge in [-0.3, -0.25) is 4.79 Å². The van der Waals surface area contributed by atoms with Gasteiger partial charge in [-0.15, -0.1) is 0 Å². The Hall–Kier alpha value is -1.88. The van der Waals surface area contributed by atoms with Crippen LogP contribution in [0.25, 0.3) is 17.4 Å². The van der Waals surface area contributed by atoms with Crippen molar-refractivity contribution in [3.63, 3.8) is 0 Å². The van der Waals surface area contributed by atoms with Crippen molar-refractivity contribution >= 4 is 27.9 Å². The van der Waals surface area contributed by atoms with E-state index < -0.39 is 5.91 Å². The van der Waals surface area contributed by atoms with Gasteiger partial charge in [0, 0.05) is 16.1 Å². The molecule has 0 saturated carbocycles. The van der Waals surface area contributed by atoms with Crippen molar-refractivity contribution in [3.05, 3.63) is 52.5 Å². The van der Waals surface area contributed by atoms with E-state index in [0.29, 0.717) is 16.0 Å². The summed E-state index contributed by atoms with van der Waals surface area (Å²) in [6.45, 7) is 0. The van der Waals surface area contributed by atoms with Crippen molar-refractivity contribution in [2.45, 2.75) is 0 Å². The number of hydrogen-bond acceptors (Lipinski definition) is 2. The minimum Gasteiger partial charge on any atom is -0.457 e. The summed E-state index contributed by atoms with van der Waals surface area (Å²) in [5.74, 6) is 0.202. The second-order valence-corrected chi connectivity index (χ2v) is 4.42. The first-order valence-corrected chi connectivity index (χ1v) is 5.88. The number of benzene rings is 1. The quantitative estimate of drug-likeness (QED) is 0.884. The van der Waals surface area contributed by atoms with E-state index in [-0.39, 0.29) is 5.82 Å². The number of rotatable bonds is 3. The van der Waals surface area contributed by atoms with Crippen LogP contribution in [0.4, 0.5) is 4.39 Å². The molecule has 18 heavy (non-hydrogen) atoms. The first-order valence-electron chi connectivity index (χ1n) is 5.09. The predicted octanol–water partition coefficient (Wildman–Crippen LogP) is 3.35. The number of primary amides is 1. The highest BCUT2D eigenvalue weighted by atomic mass is 79.9. The van der Waals surface area contributed by atoms with Crippen LogP contribution in [0.5, 0.6) is 0 Å². The summed E-state index contributed by atoms with van der Waals surface area (Å²) in [5.41, 5.74) is 5.71. The molecule has 1 aromatic heterocycles. The molecule has 0 aliphatic heterocycles. The van der Waals surface area contributed by atoms with E-state index >= 15 is 0 Å². The zero-order valence-corrected chi connectivity index (χ0v) is 10.8. The van der Waals surface area contributed by atoms with Gasteiger partial charge in [-0.1, -0.05) is 0 Å². The average molecular weight is 310 g/mol. The summed E-state index contributed by atoms with van der Waals surface area (Å²) in [7, 11) is 0. The van der Waals surface area contributed by atoms with Crippen LogP contribution in [-0.4, -0.2) is 5.91 Å². The number of hydrogen-bond donors (Lipinski definition) is 1. The molecule has 92 valence electrons. The average Bonchev–Trinajstić information content (AvgIpc) is 2.75. The van der Waals surface area contributed by atoms with Gasteiger partial charge in [-0.2, -0.15) is 0 Å². The Balaban J connectivity index is 2.32. The van der Waals surface area contributed by atoms with Gasteiger partial charge in [-0.05, 0) is 52.3 Å². The molecule has 0 aliphatic carbocycles. The Labute approximate surface area is 111 Å². The van der Waals surface area contributed by atoms with Crippen LogP contribution in [0.1, 0.15) is 5.76 Å². The van der Waals surface area contributed by atoms with Crippen molar-refractivity contribution in [1.82, 2.24) is 0 Å². The molecule has 1 heterocycles. The fraction of sp³-hybridized carbons (Fsp3) is 0. The summed E-state index contributed by atoms with van der Waals surface area (Å²) in [5, 5.41) is 0. The number of carbonyl (C=O) groups is 1. The molecule has 0 bridgehead atoms. The van der Waals surface area contributed by atoms with E-state index in [1.807, 2.05) is 0 Å². The SMILES string of the molecule is NC(=O)/C=C\c1ccc(-c2ccc(F)cc2Br)o1. The topological polar surface area (TPSA) is 56.2 Å². The summed E-state index contributed by atoms with van der Waals surface area (Å²) >= 11 is 3.26. The lowest BCUT2D eigenvalue weighted by atomic mass is 10.2. The molecule has 0 aliphatic rings. The minimum absolute atomic E-state index is 0.328. The molecule has 0 fully saturated rings. The highest BCUT2D eigenvalue weighted by Crippen LogP contribution is 2.30. The van der Waals surface area contributed by atoms with Crippen molar-refractivity contribution in [3.8, 4) is 11.3 Å². The Kier molecular flexibility index (Phi) is 3.62. The van der Waals surface area contributed by atoms with Crippen molar-refractivity contribution in [2.75, 3.05) is 0 Å². The maximum atomic E-state index is 13.0. The molecule has 1 amide bonds. The first-order chi connectivity index (χ1) is 8.56. The standard InChI is InChI=1S/C13H9BrFNO2/c14-11-7-8(15)1-4-10(11)12-5-2-9(18-12)3-6-13(16)17/h1-7H,(H2,16,17)/b6-3-. The van der Waals surface area contributed by atoms with Gasteiger partial charge in [0.2, 0.25) is 5.91 Å². The molecule has 2 aromatic rings. The van der Waals surface area contributed by atoms with E-state index in [9.17, 15) is 9.18 Å². The van der Waals surface area contributed by atoms with Crippen LogP contribution < -0.4 is 5.73 Å². The second-order valence-electron chi connectivity index (χ2n) is 3.56. The molecule has 2 N–H and O–H groups in total. The summed E-state index contributed by atoms with van der Waals surface area (Å²) < 4.78 is 19.0. The Morgan fingerprint density at radius 3 is 2.78 bits per heavy atom. The number of furan rings is 1. The van der Waals surface area contributed by atoms with Crippen LogP contribution in [0.3, 0.4) is 0 Å². The normalized spacial score (nSPS) is 11.0. The van der Waals surface area contributed by atoms with Gasteiger partial charge in [0.05, 0.1) is 0 Å². The van der Waals surface area contributed by atoms with Crippen molar-refractivity contribution < 1.29 is 13.6 Å². The summed E-state index contributed by atoms with van der Waals surface area (Å²) in [4.78, 5) is 10.6. The predicted molar refractivity (Wildman–Crippen MR) is 70.0 cm³/mol. The van der Waals surface area contributed by atoms with Gasteiger partial charge in [0.15, 0.2) is 0 Å². The molecule has 0 radical (unpaired) electrons. The summed E-state index contributed by atoms with van der Waals surface area (Å²) in [6, 6.07) is 7.75. The number of halogens is 2. The molecule has 5 heteroatoms. The Bertz CT molecular complexity index is 619. The molecule has 0 atom stereocenters. The lowest BCUT2D eigenvalue weighted by molar-refractivity contribution is -0.113. The van der Waals surface area contributed by atoms with Crippen molar-refractivity contribution in [1.29, 1.82) is 0 Å². The van der Waals surface area contributed by atoms with E-state index in [4.69, 9.17) is 10.2 Å². The lowest BCUT2D eigenvalue weighted by Gasteiger charge is -2.00. The third-order valence-corrected chi connectivity index (χ3v) is 2.89. The zero-order chi connectivity index (χ0) is 13.1. The maximum absolute atomic E-state index is 13.0. The first kappa shape index (κ1) is 12.6. The van der Waals surface area contributed by atoms with Crippen LogP contribution >= 0.6 is 15.9 Å². The molecule has 3 nitrogen and oxygen atoms in total. The van der Waals surface area contributed by atoms with Crippen LogP contribution in [0.15, 0.2) is 45.3 Å². The molecule has 2 rings (SSSR count). The number of amides is 1. The van der Waals surface area contributed by atoms with Gasteiger partial charge >= 0.3 is 0 Å². The maximum Gasteiger partial charge on any atom is 0.241 e. The monoisotopic (exact) mass is 309 g/mol. The van der Waals surface area contributed by atoms with Gasteiger partial charge < -0.3 is 10.2 Å². The van der Waals surface area contributed by atoms with Gasteiger partial charge in [0.25, 0.3) is 0 Å². The fourth-order valence-electron chi connectivity index (χ4n) is 1.44. The lowest BCUT2D eigenvalue weighted by Crippen LogP contribution is -2.04. The second kappa shape index (κ2) is 5.18. The van der Waals surface area contributed by atoms with E-state index in [2.05, 4.69) is 15.9 Å². The molecule has 0 saturated heterocycles. The number of carbonyl (C=O) groups excluding carboxylic acids is 1. The Morgan fingerprint density at radius 2 is 2.11 bits per heavy atom. The zero-order valence-electron chi connectivity index (χ0n) is 9.19. The Morgan fingerprint density at radius 1 is 1.33 bits per heavy atom. The third-order valence-electron chi connectivity index (χ3n) is 2.24. The van der Waals surface area contributed by atoms with E-state index in [1.165, 1.54) is 24.3 Å². The highest BCUT2D eigenvalue weighted by molar-refractivity contribution is 9.10. The van der Waals surface area contributed by atoms with Crippen LogP contribution in [0, 0.1) is 5.82 Å². The molecular weight excluding hydrogens is 301 g/mol. The minimum atomic E-state index is -0.545. The van der Waals surface area contributed by atoms with E-state index in [0.717, 1.165) is 5.56 Å². The smallest absolute Gasteiger partial charge is 0.241 e. The van der Waals surface area contributed by atoms with Crippen LogP contribution in [-0.2, 0) is 4.79 Å². The number of nitrogens with two attached hydrogens (primary N) is 1. The van der Waals surface area contributed by atoms with Crippen molar-refractivity contribution in [2.24, 2.45) is 5.73 Å². The molecule has 0 spiro atoms.